The van der Waals surface area contributed by atoms with Crippen molar-refractivity contribution in [3.05, 3.63) is 65.1 Å². The Morgan fingerprint density at radius 3 is 2.50 bits per heavy atom. The van der Waals surface area contributed by atoms with Crippen LogP contribution in [-0.4, -0.2) is 36.3 Å². The lowest BCUT2D eigenvalue weighted by atomic mass is 9.97. The fourth-order valence-electron chi connectivity index (χ4n) is 3.59. The zero-order valence-corrected chi connectivity index (χ0v) is 18.3. The third kappa shape index (κ3) is 4.79. The van der Waals surface area contributed by atoms with Gasteiger partial charge in [-0.2, -0.15) is 0 Å². The van der Waals surface area contributed by atoms with Crippen molar-refractivity contribution < 1.29 is 9.53 Å². The number of hydrogen-bond donors (Lipinski definition) is 1. The number of benzene rings is 2. The lowest BCUT2D eigenvalue weighted by Gasteiger charge is -2.32. The molecule has 0 bridgehead atoms. The van der Waals surface area contributed by atoms with E-state index in [9.17, 15) is 4.79 Å². The average molecular weight is 467 g/mol. The van der Waals surface area contributed by atoms with Crippen LogP contribution in [0, 0.1) is 5.92 Å². The van der Waals surface area contributed by atoms with E-state index in [4.69, 9.17) is 4.74 Å². The first-order chi connectivity index (χ1) is 14.6. The standard InChI is InChI=1S/C23H23BrN4O2/c1-30-20-10-4-16(5-11-20)21-12-13-22(27-26-21)28-14-2-3-17(15-28)23(29)25-19-8-6-18(24)7-9-19/h4-13,17H,2-3,14-15H2,1H3,(H,25,29). The number of carbonyl (C=O) groups excluding carboxylic acids is 1. The van der Waals surface area contributed by atoms with Crippen molar-refractivity contribution in [3.63, 3.8) is 0 Å². The molecule has 1 aromatic heterocycles. The molecular weight excluding hydrogens is 444 g/mol. The molecule has 2 heterocycles. The number of rotatable bonds is 5. The molecule has 1 aliphatic heterocycles. The minimum absolute atomic E-state index is 0.0461. The van der Waals surface area contributed by atoms with Gasteiger partial charge < -0.3 is 15.0 Å². The van der Waals surface area contributed by atoms with Crippen LogP contribution in [-0.2, 0) is 4.79 Å². The first-order valence-corrected chi connectivity index (χ1v) is 10.7. The Hall–Kier alpha value is -2.93. The van der Waals surface area contributed by atoms with Gasteiger partial charge >= 0.3 is 0 Å². The average Bonchev–Trinajstić information content (AvgIpc) is 2.81. The second-order valence-electron chi connectivity index (χ2n) is 7.29. The molecule has 1 aliphatic rings. The Bertz CT molecular complexity index is 991. The number of aromatic nitrogens is 2. The molecule has 154 valence electrons. The molecule has 7 heteroatoms. The number of carbonyl (C=O) groups is 1. The Morgan fingerprint density at radius 1 is 1.07 bits per heavy atom. The lowest BCUT2D eigenvalue weighted by Crippen LogP contribution is -2.41. The summed E-state index contributed by atoms with van der Waals surface area (Å²) in [6.45, 7) is 1.51. The molecule has 1 N–H and O–H groups in total. The Labute approximate surface area is 184 Å². The molecule has 2 aromatic carbocycles. The SMILES string of the molecule is COc1ccc(-c2ccc(N3CCCC(C(=O)Nc4ccc(Br)cc4)C3)nn2)cc1. The minimum atomic E-state index is -0.0783. The van der Waals surface area contributed by atoms with Crippen molar-refractivity contribution in [2.75, 3.05) is 30.4 Å². The molecule has 30 heavy (non-hydrogen) atoms. The molecule has 1 atom stereocenters. The van der Waals surface area contributed by atoms with Gasteiger partial charge in [-0.05, 0) is 73.5 Å². The molecular formula is C23H23BrN4O2. The maximum atomic E-state index is 12.7. The number of methoxy groups -OCH3 is 1. The van der Waals surface area contributed by atoms with E-state index in [0.29, 0.717) is 6.54 Å². The third-order valence-electron chi connectivity index (χ3n) is 5.26. The lowest BCUT2D eigenvalue weighted by molar-refractivity contribution is -0.120. The second-order valence-corrected chi connectivity index (χ2v) is 8.20. The second kappa shape index (κ2) is 9.26. The van der Waals surface area contributed by atoms with Crippen molar-refractivity contribution in [2.24, 2.45) is 5.92 Å². The maximum Gasteiger partial charge on any atom is 0.229 e. The fraction of sp³-hybridized carbons (Fsp3) is 0.261. The van der Waals surface area contributed by atoms with E-state index in [-0.39, 0.29) is 11.8 Å². The molecule has 0 spiro atoms. The molecule has 6 nitrogen and oxygen atoms in total. The van der Waals surface area contributed by atoms with Crippen LogP contribution < -0.4 is 15.0 Å². The van der Waals surface area contributed by atoms with Crippen LogP contribution in [0.1, 0.15) is 12.8 Å². The molecule has 1 saturated heterocycles. The Kier molecular flexibility index (Phi) is 6.28. The number of ether oxygens (including phenoxy) is 1. The van der Waals surface area contributed by atoms with E-state index in [1.165, 1.54) is 0 Å². The van der Waals surface area contributed by atoms with Gasteiger partial charge in [-0.1, -0.05) is 15.9 Å². The van der Waals surface area contributed by atoms with Gasteiger partial charge in [-0.15, -0.1) is 10.2 Å². The molecule has 0 saturated carbocycles. The van der Waals surface area contributed by atoms with E-state index in [0.717, 1.165) is 52.4 Å². The molecule has 1 amide bonds. The fourth-order valence-corrected chi connectivity index (χ4v) is 3.85. The zero-order chi connectivity index (χ0) is 20.9. The van der Waals surface area contributed by atoms with Crippen LogP contribution in [0.5, 0.6) is 5.75 Å². The Balaban J connectivity index is 1.41. The first-order valence-electron chi connectivity index (χ1n) is 9.92. The highest BCUT2D eigenvalue weighted by molar-refractivity contribution is 9.10. The molecule has 1 fully saturated rings. The van der Waals surface area contributed by atoms with Gasteiger partial charge in [-0.3, -0.25) is 4.79 Å². The summed E-state index contributed by atoms with van der Waals surface area (Å²) in [4.78, 5) is 14.9. The van der Waals surface area contributed by atoms with Crippen molar-refractivity contribution in [1.82, 2.24) is 10.2 Å². The van der Waals surface area contributed by atoms with Crippen LogP contribution in [0.25, 0.3) is 11.3 Å². The van der Waals surface area contributed by atoms with Crippen LogP contribution in [0.4, 0.5) is 11.5 Å². The summed E-state index contributed by atoms with van der Waals surface area (Å²) in [5, 5.41) is 11.8. The van der Waals surface area contributed by atoms with Crippen molar-refractivity contribution in [2.45, 2.75) is 12.8 Å². The Morgan fingerprint density at radius 2 is 1.83 bits per heavy atom. The van der Waals surface area contributed by atoms with E-state index < -0.39 is 0 Å². The number of hydrogen-bond acceptors (Lipinski definition) is 5. The summed E-state index contributed by atoms with van der Waals surface area (Å²) >= 11 is 3.41. The van der Waals surface area contributed by atoms with Crippen LogP contribution >= 0.6 is 15.9 Å². The maximum absolute atomic E-state index is 12.7. The summed E-state index contributed by atoms with van der Waals surface area (Å²) in [5.74, 6) is 1.58. The monoisotopic (exact) mass is 466 g/mol. The van der Waals surface area contributed by atoms with Crippen LogP contribution in [0.2, 0.25) is 0 Å². The number of nitrogens with zero attached hydrogens (tertiary/aromatic N) is 3. The normalized spacial score (nSPS) is 16.2. The summed E-state index contributed by atoms with van der Waals surface area (Å²) < 4.78 is 6.19. The quantitative estimate of drug-likeness (QED) is 0.586. The third-order valence-corrected chi connectivity index (χ3v) is 5.79. The summed E-state index contributed by atoms with van der Waals surface area (Å²) in [5.41, 5.74) is 2.60. The number of amides is 1. The van der Waals surface area contributed by atoms with Crippen molar-refractivity contribution in [3.8, 4) is 17.0 Å². The predicted molar refractivity (Wildman–Crippen MR) is 122 cm³/mol. The van der Waals surface area contributed by atoms with Gasteiger partial charge in [0.2, 0.25) is 5.91 Å². The summed E-state index contributed by atoms with van der Waals surface area (Å²) in [6.07, 6.45) is 1.82. The van der Waals surface area contributed by atoms with Crippen molar-refractivity contribution >= 4 is 33.3 Å². The molecule has 0 radical (unpaired) electrons. The summed E-state index contributed by atoms with van der Waals surface area (Å²) in [6, 6.07) is 19.3. The minimum Gasteiger partial charge on any atom is -0.497 e. The highest BCUT2D eigenvalue weighted by atomic mass is 79.9. The molecule has 3 aromatic rings. The number of nitrogens with one attached hydrogen (secondary N) is 1. The molecule has 4 rings (SSSR count). The predicted octanol–water partition coefficient (Wildman–Crippen LogP) is 4.77. The van der Waals surface area contributed by atoms with E-state index in [1.54, 1.807) is 7.11 Å². The molecule has 0 aliphatic carbocycles. The van der Waals surface area contributed by atoms with Gasteiger partial charge in [0.25, 0.3) is 0 Å². The number of anilines is 2. The molecule has 1 unspecified atom stereocenters. The van der Waals surface area contributed by atoms with E-state index >= 15 is 0 Å². The van der Waals surface area contributed by atoms with Gasteiger partial charge in [0.1, 0.15) is 5.75 Å². The largest absolute Gasteiger partial charge is 0.497 e. The van der Waals surface area contributed by atoms with Gasteiger partial charge in [-0.25, -0.2) is 0 Å². The highest BCUT2D eigenvalue weighted by Crippen LogP contribution is 2.25. The van der Waals surface area contributed by atoms with E-state index in [1.807, 2.05) is 60.7 Å². The summed E-state index contributed by atoms with van der Waals surface area (Å²) in [7, 11) is 1.65. The van der Waals surface area contributed by atoms with Crippen LogP contribution in [0.15, 0.2) is 65.1 Å². The van der Waals surface area contributed by atoms with Gasteiger partial charge in [0.05, 0.1) is 18.7 Å². The van der Waals surface area contributed by atoms with Gasteiger partial charge in [0, 0.05) is 28.8 Å². The van der Waals surface area contributed by atoms with E-state index in [2.05, 4.69) is 36.3 Å². The topological polar surface area (TPSA) is 67.3 Å². The number of piperidine rings is 1. The van der Waals surface area contributed by atoms with Gasteiger partial charge in [0.15, 0.2) is 5.82 Å². The van der Waals surface area contributed by atoms with Crippen molar-refractivity contribution in [1.29, 1.82) is 0 Å². The van der Waals surface area contributed by atoms with Crippen LogP contribution in [0.3, 0.4) is 0 Å². The highest BCUT2D eigenvalue weighted by Gasteiger charge is 2.26. The smallest absolute Gasteiger partial charge is 0.229 e. The number of halogens is 1. The first kappa shape index (κ1) is 20.3. The zero-order valence-electron chi connectivity index (χ0n) is 16.7.